The lowest BCUT2D eigenvalue weighted by Gasteiger charge is -2.35. The third-order valence-corrected chi connectivity index (χ3v) is 4.32. The zero-order valence-electron chi connectivity index (χ0n) is 12.7. The molecule has 2 heterocycles. The van der Waals surface area contributed by atoms with Gasteiger partial charge < -0.3 is 15.5 Å². The van der Waals surface area contributed by atoms with Crippen molar-refractivity contribution < 1.29 is 9.59 Å². The van der Waals surface area contributed by atoms with Crippen molar-refractivity contribution in [3.05, 3.63) is 0 Å². The van der Waals surface area contributed by atoms with Crippen molar-refractivity contribution in [1.82, 2.24) is 15.5 Å². The van der Waals surface area contributed by atoms with Crippen molar-refractivity contribution in [2.24, 2.45) is 11.8 Å². The molecule has 0 aromatic rings. The third kappa shape index (κ3) is 3.95. The second-order valence-corrected chi connectivity index (χ2v) is 6.31. The van der Waals surface area contributed by atoms with Crippen molar-refractivity contribution in [3.63, 3.8) is 0 Å². The molecule has 5 heteroatoms. The van der Waals surface area contributed by atoms with E-state index in [1.165, 1.54) is 0 Å². The summed E-state index contributed by atoms with van der Waals surface area (Å²) in [6.45, 7) is 7.22. The highest BCUT2D eigenvalue weighted by Gasteiger charge is 2.29. The van der Waals surface area contributed by atoms with Crippen LogP contribution in [0.2, 0.25) is 0 Å². The van der Waals surface area contributed by atoms with E-state index in [2.05, 4.69) is 10.6 Å². The van der Waals surface area contributed by atoms with Gasteiger partial charge in [-0.05, 0) is 32.2 Å². The van der Waals surface area contributed by atoms with Gasteiger partial charge in [0.05, 0.1) is 5.92 Å². The monoisotopic (exact) mass is 281 g/mol. The number of rotatable bonds is 3. The van der Waals surface area contributed by atoms with Gasteiger partial charge in [-0.15, -0.1) is 0 Å². The molecule has 2 N–H and O–H groups in total. The van der Waals surface area contributed by atoms with Crippen LogP contribution in [0, 0.1) is 11.8 Å². The Morgan fingerprint density at radius 2 is 1.90 bits per heavy atom. The maximum Gasteiger partial charge on any atom is 0.226 e. The maximum atomic E-state index is 12.4. The highest BCUT2D eigenvalue weighted by atomic mass is 16.2. The molecule has 0 aromatic carbocycles. The van der Waals surface area contributed by atoms with E-state index in [0.29, 0.717) is 5.91 Å². The molecule has 2 aliphatic heterocycles. The Morgan fingerprint density at radius 1 is 1.20 bits per heavy atom. The molecule has 5 nitrogen and oxygen atoms in total. The van der Waals surface area contributed by atoms with Crippen molar-refractivity contribution in [3.8, 4) is 0 Å². The van der Waals surface area contributed by atoms with Crippen LogP contribution in [-0.2, 0) is 9.59 Å². The molecule has 0 bridgehead atoms. The molecule has 20 heavy (non-hydrogen) atoms. The minimum Gasteiger partial charge on any atom is -0.353 e. The first-order valence-electron chi connectivity index (χ1n) is 7.88. The molecule has 1 atom stereocenters. The molecule has 2 saturated heterocycles. The van der Waals surface area contributed by atoms with Gasteiger partial charge in [-0.1, -0.05) is 13.8 Å². The summed E-state index contributed by atoms with van der Waals surface area (Å²) in [4.78, 5) is 26.0. The van der Waals surface area contributed by atoms with E-state index >= 15 is 0 Å². The third-order valence-electron chi connectivity index (χ3n) is 4.32. The van der Waals surface area contributed by atoms with Crippen LogP contribution < -0.4 is 10.6 Å². The van der Waals surface area contributed by atoms with Gasteiger partial charge in [0, 0.05) is 31.6 Å². The number of nitrogens with one attached hydrogen (secondary N) is 2. The van der Waals surface area contributed by atoms with Crippen molar-refractivity contribution in [1.29, 1.82) is 0 Å². The van der Waals surface area contributed by atoms with Crippen molar-refractivity contribution in [2.75, 3.05) is 26.2 Å². The van der Waals surface area contributed by atoms with E-state index in [9.17, 15) is 9.59 Å². The first-order chi connectivity index (χ1) is 9.58. The van der Waals surface area contributed by atoms with E-state index in [-0.39, 0.29) is 23.8 Å². The number of likely N-dealkylation sites (tertiary alicyclic amines) is 1. The number of carbonyl (C=O) groups excluding carboxylic acids is 2. The van der Waals surface area contributed by atoms with Gasteiger partial charge in [0.1, 0.15) is 0 Å². The Kier molecular flexibility index (Phi) is 5.40. The fraction of sp³-hybridized carbons (Fsp3) is 0.867. The van der Waals surface area contributed by atoms with Crippen LogP contribution in [0.15, 0.2) is 0 Å². The van der Waals surface area contributed by atoms with Crippen LogP contribution in [-0.4, -0.2) is 48.9 Å². The van der Waals surface area contributed by atoms with Gasteiger partial charge in [0.25, 0.3) is 0 Å². The summed E-state index contributed by atoms with van der Waals surface area (Å²) in [6, 6.07) is 0.235. The lowest BCUT2D eigenvalue weighted by Crippen LogP contribution is -2.50. The van der Waals surface area contributed by atoms with Crippen LogP contribution in [0.3, 0.4) is 0 Å². The molecule has 0 aromatic heterocycles. The molecule has 2 rings (SSSR count). The number of piperidine rings is 2. The van der Waals surface area contributed by atoms with E-state index in [4.69, 9.17) is 0 Å². The molecule has 2 fully saturated rings. The molecular formula is C15H27N3O2. The average molecular weight is 281 g/mol. The maximum absolute atomic E-state index is 12.4. The molecule has 2 aliphatic rings. The summed E-state index contributed by atoms with van der Waals surface area (Å²) in [5, 5.41) is 6.37. The van der Waals surface area contributed by atoms with Crippen molar-refractivity contribution in [2.45, 2.75) is 45.6 Å². The van der Waals surface area contributed by atoms with E-state index in [0.717, 1.165) is 51.9 Å². The lowest BCUT2D eigenvalue weighted by atomic mass is 9.96. The standard InChI is InChI=1S/C15H27N3O2/c1-11(2)14(19)17-13-5-8-18(9-6-13)15(20)12-4-3-7-16-10-12/h11-13,16H,3-10H2,1-2H3,(H,17,19). The first-order valence-corrected chi connectivity index (χ1v) is 7.88. The fourth-order valence-corrected chi connectivity index (χ4v) is 2.93. The van der Waals surface area contributed by atoms with Crippen LogP contribution in [0.25, 0.3) is 0 Å². The summed E-state index contributed by atoms with van der Waals surface area (Å²) < 4.78 is 0. The summed E-state index contributed by atoms with van der Waals surface area (Å²) in [5.74, 6) is 0.602. The highest BCUT2D eigenvalue weighted by Crippen LogP contribution is 2.18. The number of hydrogen-bond donors (Lipinski definition) is 2. The molecule has 0 radical (unpaired) electrons. The number of amides is 2. The Labute approximate surface area is 121 Å². The summed E-state index contributed by atoms with van der Waals surface area (Å²) >= 11 is 0. The smallest absolute Gasteiger partial charge is 0.226 e. The fourth-order valence-electron chi connectivity index (χ4n) is 2.93. The zero-order valence-corrected chi connectivity index (χ0v) is 12.7. The van der Waals surface area contributed by atoms with Crippen LogP contribution >= 0.6 is 0 Å². The van der Waals surface area contributed by atoms with Gasteiger partial charge >= 0.3 is 0 Å². The molecule has 2 amide bonds. The van der Waals surface area contributed by atoms with Gasteiger partial charge in [0.15, 0.2) is 0 Å². The van der Waals surface area contributed by atoms with Gasteiger partial charge in [-0.2, -0.15) is 0 Å². The SMILES string of the molecule is CC(C)C(=O)NC1CCN(C(=O)C2CCCNC2)CC1. The molecule has 0 aliphatic carbocycles. The minimum atomic E-state index is 0.0305. The Morgan fingerprint density at radius 3 is 2.45 bits per heavy atom. The quantitative estimate of drug-likeness (QED) is 0.802. The highest BCUT2D eigenvalue weighted by molar-refractivity contribution is 5.80. The molecule has 0 spiro atoms. The minimum absolute atomic E-state index is 0.0305. The average Bonchev–Trinajstić information content (AvgIpc) is 2.48. The number of hydrogen-bond acceptors (Lipinski definition) is 3. The molecule has 1 unspecified atom stereocenters. The number of nitrogens with zero attached hydrogens (tertiary/aromatic N) is 1. The van der Waals surface area contributed by atoms with E-state index in [1.54, 1.807) is 0 Å². The summed E-state index contributed by atoms with van der Waals surface area (Å²) in [7, 11) is 0. The Hall–Kier alpha value is -1.10. The lowest BCUT2D eigenvalue weighted by molar-refractivity contribution is -0.137. The van der Waals surface area contributed by atoms with Gasteiger partial charge in [-0.25, -0.2) is 0 Å². The van der Waals surface area contributed by atoms with Gasteiger partial charge in [-0.3, -0.25) is 9.59 Å². The number of carbonyl (C=O) groups is 2. The second-order valence-electron chi connectivity index (χ2n) is 6.31. The predicted octanol–water partition coefficient (Wildman–Crippen LogP) is 0.749. The first kappa shape index (κ1) is 15.3. The second kappa shape index (κ2) is 7.07. The van der Waals surface area contributed by atoms with Crippen LogP contribution in [0.4, 0.5) is 0 Å². The Bertz CT molecular complexity index is 343. The molecular weight excluding hydrogens is 254 g/mol. The molecule has 0 saturated carbocycles. The summed E-state index contributed by atoms with van der Waals surface area (Å²) in [6.07, 6.45) is 3.86. The molecule has 114 valence electrons. The topological polar surface area (TPSA) is 61.4 Å². The predicted molar refractivity (Wildman–Crippen MR) is 78.2 cm³/mol. The summed E-state index contributed by atoms with van der Waals surface area (Å²) in [5.41, 5.74) is 0. The normalized spacial score (nSPS) is 24.8. The van der Waals surface area contributed by atoms with E-state index < -0.39 is 0 Å². The van der Waals surface area contributed by atoms with Crippen LogP contribution in [0.5, 0.6) is 0 Å². The van der Waals surface area contributed by atoms with Crippen LogP contribution in [0.1, 0.15) is 39.5 Å². The van der Waals surface area contributed by atoms with Crippen molar-refractivity contribution >= 4 is 11.8 Å². The largest absolute Gasteiger partial charge is 0.353 e. The zero-order chi connectivity index (χ0) is 14.5. The Balaban J connectivity index is 1.76. The van der Waals surface area contributed by atoms with E-state index in [1.807, 2.05) is 18.7 Å². The van der Waals surface area contributed by atoms with Gasteiger partial charge in [0.2, 0.25) is 11.8 Å².